The van der Waals surface area contributed by atoms with Crippen molar-refractivity contribution in [1.82, 2.24) is 10.2 Å². The fraction of sp³-hybridized carbons (Fsp3) is 0.556. The fourth-order valence-electron chi connectivity index (χ4n) is 2.95. The molecule has 5 heteroatoms. The van der Waals surface area contributed by atoms with Crippen molar-refractivity contribution in [1.29, 1.82) is 0 Å². The lowest BCUT2D eigenvalue weighted by Crippen LogP contribution is -2.45. The molecule has 0 spiro atoms. The molecule has 1 aliphatic rings. The molecule has 0 unspecified atom stereocenters. The maximum atomic E-state index is 12.5. The van der Waals surface area contributed by atoms with Crippen LogP contribution < -0.4 is 10.6 Å². The van der Waals surface area contributed by atoms with E-state index >= 15 is 0 Å². The van der Waals surface area contributed by atoms with Crippen LogP contribution >= 0.6 is 0 Å². The van der Waals surface area contributed by atoms with Crippen molar-refractivity contribution in [2.75, 3.05) is 25.0 Å². The summed E-state index contributed by atoms with van der Waals surface area (Å²) >= 11 is 0. The third-order valence-corrected chi connectivity index (χ3v) is 4.34. The molecule has 0 bridgehead atoms. The number of anilines is 1. The molecule has 0 aromatic heterocycles. The molecule has 23 heavy (non-hydrogen) atoms. The van der Waals surface area contributed by atoms with Gasteiger partial charge in [0.2, 0.25) is 5.91 Å². The molecular formula is C18H27N3O2. The van der Waals surface area contributed by atoms with E-state index in [1.807, 2.05) is 37.8 Å². The van der Waals surface area contributed by atoms with E-state index in [0.29, 0.717) is 25.4 Å². The van der Waals surface area contributed by atoms with Gasteiger partial charge in [-0.3, -0.25) is 4.79 Å². The summed E-state index contributed by atoms with van der Waals surface area (Å²) in [6, 6.07) is 5.96. The Kier molecular flexibility index (Phi) is 6.02. The molecule has 2 rings (SSSR count). The number of hydrogen-bond donors (Lipinski definition) is 2. The van der Waals surface area contributed by atoms with E-state index in [1.165, 1.54) is 5.56 Å². The molecule has 1 aromatic rings. The summed E-state index contributed by atoms with van der Waals surface area (Å²) in [7, 11) is 0. The van der Waals surface area contributed by atoms with E-state index < -0.39 is 0 Å². The van der Waals surface area contributed by atoms with Gasteiger partial charge in [-0.2, -0.15) is 0 Å². The minimum absolute atomic E-state index is 0.0523. The highest BCUT2D eigenvalue weighted by molar-refractivity contribution is 5.90. The van der Waals surface area contributed by atoms with E-state index in [0.717, 1.165) is 30.6 Å². The minimum atomic E-state index is -0.0523. The summed E-state index contributed by atoms with van der Waals surface area (Å²) in [6.07, 6.45) is 2.54. The Morgan fingerprint density at radius 3 is 2.78 bits per heavy atom. The summed E-state index contributed by atoms with van der Waals surface area (Å²) < 4.78 is 0. The van der Waals surface area contributed by atoms with Gasteiger partial charge in [-0.1, -0.05) is 24.6 Å². The molecule has 1 fully saturated rings. The summed E-state index contributed by atoms with van der Waals surface area (Å²) in [5, 5.41) is 5.93. The molecule has 1 aliphatic heterocycles. The van der Waals surface area contributed by atoms with Crippen molar-refractivity contribution < 1.29 is 9.59 Å². The lowest BCUT2D eigenvalue weighted by atomic mass is 9.98. The van der Waals surface area contributed by atoms with E-state index in [1.54, 1.807) is 0 Å². The van der Waals surface area contributed by atoms with Crippen LogP contribution in [0.5, 0.6) is 0 Å². The first-order valence-electron chi connectivity index (χ1n) is 8.39. The molecular weight excluding hydrogens is 290 g/mol. The Balaban J connectivity index is 1.90. The molecule has 2 N–H and O–H groups in total. The summed E-state index contributed by atoms with van der Waals surface area (Å²) in [5.74, 6) is 0.408. The van der Waals surface area contributed by atoms with Crippen LogP contribution in [-0.4, -0.2) is 36.5 Å². The molecule has 1 aromatic carbocycles. The second-order valence-corrected chi connectivity index (χ2v) is 6.36. The molecule has 1 atom stereocenters. The molecule has 1 heterocycles. The number of amides is 3. The molecule has 1 saturated heterocycles. The fourth-order valence-corrected chi connectivity index (χ4v) is 2.95. The van der Waals surface area contributed by atoms with Gasteiger partial charge in [0.1, 0.15) is 0 Å². The maximum absolute atomic E-state index is 12.5. The number of carbonyl (C=O) groups is 2. The highest BCUT2D eigenvalue weighted by Gasteiger charge is 2.24. The SMILES string of the molecule is CCC(=O)NC[C@H]1CCCN(C(=O)Nc2ccc(C)cc2C)C1. The average Bonchev–Trinajstić information content (AvgIpc) is 2.55. The van der Waals surface area contributed by atoms with Crippen molar-refractivity contribution in [2.45, 2.75) is 40.0 Å². The zero-order valence-corrected chi connectivity index (χ0v) is 14.3. The van der Waals surface area contributed by atoms with Crippen molar-refractivity contribution in [3.63, 3.8) is 0 Å². The quantitative estimate of drug-likeness (QED) is 0.896. The first-order valence-corrected chi connectivity index (χ1v) is 8.39. The van der Waals surface area contributed by atoms with Crippen molar-refractivity contribution in [3.8, 4) is 0 Å². The zero-order valence-electron chi connectivity index (χ0n) is 14.3. The van der Waals surface area contributed by atoms with Gasteiger partial charge >= 0.3 is 6.03 Å². The highest BCUT2D eigenvalue weighted by Crippen LogP contribution is 2.20. The standard InChI is InChI=1S/C18H27N3O2/c1-4-17(22)19-11-15-6-5-9-21(12-15)18(23)20-16-8-7-13(2)10-14(16)3/h7-8,10,15H,4-6,9,11-12H2,1-3H3,(H,19,22)(H,20,23)/t15-/m1/s1. The third kappa shape index (κ3) is 4.98. The minimum Gasteiger partial charge on any atom is -0.356 e. The number of carbonyl (C=O) groups excluding carboxylic acids is 2. The van der Waals surface area contributed by atoms with E-state index in [4.69, 9.17) is 0 Å². The lowest BCUT2D eigenvalue weighted by molar-refractivity contribution is -0.121. The van der Waals surface area contributed by atoms with Crippen LogP contribution in [0.25, 0.3) is 0 Å². The monoisotopic (exact) mass is 317 g/mol. The van der Waals surface area contributed by atoms with Crippen LogP contribution in [-0.2, 0) is 4.79 Å². The number of benzene rings is 1. The summed E-state index contributed by atoms with van der Waals surface area (Å²) in [5.41, 5.74) is 3.12. The summed E-state index contributed by atoms with van der Waals surface area (Å²) in [4.78, 5) is 25.7. The van der Waals surface area contributed by atoms with Gasteiger partial charge in [-0.25, -0.2) is 4.79 Å². The van der Waals surface area contributed by atoms with Gasteiger partial charge in [-0.05, 0) is 44.2 Å². The number of rotatable bonds is 4. The number of nitrogens with one attached hydrogen (secondary N) is 2. The molecule has 0 saturated carbocycles. The predicted molar refractivity (Wildman–Crippen MR) is 92.5 cm³/mol. The Bertz CT molecular complexity index is 571. The molecule has 5 nitrogen and oxygen atoms in total. The zero-order chi connectivity index (χ0) is 16.8. The van der Waals surface area contributed by atoms with E-state index in [9.17, 15) is 9.59 Å². The smallest absolute Gasteiger partial charge is 0.321 e. The number of likely N-dealkylation sites (tertiary alicyclic amines) is 1. The summed E-state index contributed by atoms with van der Waals surface area (Å²) in [6.45, 7) is 8.01. The number of nitrogens with zero attached hydrogens (tertiary/aromatic N) is 1. The van der Waals surface area contributed by atoms with Crippen LogP contribution in [0.1, 0.15) is 37.3 Å². The van der Waals surface area contributed by atoms with Crippen molar-refractivity contribution in [2.24, 2.45) is 5.92 Å². The van der Waals surface area contributed by atoms with E-state index in [-0.39, 0.29) is 11.9 Å². The Morgan fingerprint density at radius 1 is 1.30 bits per heavy atom. The van der Waals surface area contributed by atoms with Crippen LogP contribution in [0.15, 0.2) is 18.2 Å². The van der Waals surface area contributed by atoms with Crippen LogP contribution in [0.2, 0.25) is 0 Å². The van der Waals surface area contributed by atoms with Gasteiger partial charge in [-0.15, -0.1) is 0 Å². The maximum Gasteiger partial charge on any atom is 0.321 e. The molecule has 0 radical (unpaired) electrons. The first kappa shape index (κ1) is 17.3. The van der Waals surface area contributed by atoms with Crippen molar-refractivity contribution in [3.05, 3.63) is 29.3 Å². The average molecular weight is 317 g/mol. The largest absolute Gasteiger partial charge is 0.356 e. The van der Waals surface area contributed by atoms with Gasteiger partial charge < -0.3 is 15.5 Å². The normalized spacial score (nSPS) is 17.7. The third-order valence-electron chi connectivity index (χ3n) is 4.34. The highest BCUT2D eigenvalue weighted by atomic mass is 16.2. The molecule has 3 amide bonds. The van der Waals surface area contributed by atoms with Crippen LogP contribution in [0.3, 0.4) is 0 Å². The predicted octanol–water partition coefficient (Wildman–Crippen LogP) is 3.07. The molecule has 0 aliphatic carbocycles. The van der Waals surface area contributed by atoms with Gasteiger partial charge in [0.05, 0.1) is 0 Å². The van der Waals surface area contributed by atoms with Gasteiger partial charge in [0.25, 0.3) is 0 Å². The topological polar surface area (TPSA) is 61.4 Å². The Hall–Kier alpha value is -2.04. The number of urea groups is 1. The Morgan fingerprint density at radius 2 is 2.09 bits per heavy atom. The number of hydrogen-bond acceptors (Lipinski definition) is 2. The van der Waals surface area contributed by atoms with Crippen LogP contribution in [0, 0.1) is 19.8 Å². The second-order valence-electron chi connectivity index (χ2n) is 6.36. The lowest BCUT2D eigenvalue weighted by Gasteiger charge is -2.33. The van der Waals surface area contributed by atoms with Crippen LogP contribution in [0.4, 0.5) is 10.5 Å². The number of piperidine rings is 1. The molecule has 126 valence electrons. The number of aryl methyl sites for hydroxylation is 2. The second kappa shape index (κ2) is 7.99. The van der Waals surface area contributed by atoms with Crippen molar-refractivity contribution >= 4 is 17.6 Å². The first-order chi connectivity index (χ1) is 11.0. The Labute approximate surface area is 138 Å². The van der Waals surface area contributed by atoms with Gasteiger partial charge in [0.15, 0.2) is 0 Å². The van der Waals surface area contributed by atoms with E-state index in [2.05, 4.69) is 16.7 Å². The van der Waals surface area contributed by atoms with Gasteiger partial charge in [0, 0.05) is 31.7 Å².